The Kier molecular flexibility index (Phi) is 6.70. The highest BCUT2D eigenvalue weighted by molar-refractivity contribution is 7.20. The number of rotatable bonds is 6. The first-order valence-corrected chi connectivity index (χ1v) is 12.7. The van der Waals surface area contributed by atoms with E-state index in [1.165, 1.54) is 11.3 Å². The van der Waals surface area contributed by atoms with Crippen LogP contribution in [0.15, 0.2) is 60.7 Å². The predicted octanol–water partition coefficient (Wildman–Crippen LogP) is 4.77. The summed E-state index contributed by atoms with van der Waals surface area (Å²) in [6, 6.07) is 19.7. The van der Waals surface area contributed by atoms with E-state index < -0.39 is 0 Å². The lowest BCUT2D eigenvalue weighted by Crippen LogP contribution is -2.47. The normalized spacial score (nSPS) is 16.1. The number of benzene rings is 2. The average molecular weight is 494 g/mol. The summed E-state index contributed by atoms with van der Waals surface area (Å²) in [5, 5.41) is 9.59. The second-order valence-electron chi connectivity index (χ2n) is 8.82. The molecular formula is C26H28ClN5OS. The van der Waals surface area contributed by atoms with Crippen molar-refractivity contribution >= 4 is 39.1 Å². The summed E-state index contributed by atoms with van der Waals surface area (Å²) < 4.78 is 1.84. The van der Waals surface area contributed by atoms with Crippen LogP contribution in [0.2, 0.25) is 5.02 Å². The van der Waals surface area contributed by atoms with Crippen LogP contribution in [0.25, 0.3) is 15.9 Å². The van der Waals surface area contributed by atoms with Crippen molar-refractivity contribution in [2.45, 2.75) is 13.0 Å². The molecule has 1 saturated heterocycles. The van der Waals surface area contributed by atoms with Gasteiger partial charge in [-0.05, 0) is 37.7 Å². The molecule has 5 rings (SSSR count). The number of fused-ring (bicyclic) bond motifs is 1. The van der Waals surface area contributed by atoms with E-state index in [9.17, 15) is 4.79 Å². The maximum atomic E-state index is 13.4. The fraction of sp³-hybridized carbons (Fsp3) is 0.308. The molecule has 1 aliphatic heterocycles. The Balaban J connectivity index is 1.41. The maximum absolute atomic E-state index is 13.4. The molecule has 1 fully saturated rings. The van der Waals surface area contributed by atoms with Crippen molar-refractivity contribution in [2.75, 3.05) is 39.8 Å². The Labute approximate surface area is 208 Å². The van der Waals surface area contributed by atoms with E-state index in [-0.39, 0.29) is 11.9 Å². The number of halogens is 1. The molecule has 2 aromatic heterocycles. The van der Waals surface area contributed by atoms with Gasteiger partial charge in [0.2, 0.25) is 0 Å². The van der Waals surface area contributed by atoms with Gasteiger partial charge >= 0.3 is 0 Å². The lowest BCUT2D eigenvalue weighted by Gasteiger charge is -2.35. The van der Waals surface area contributed by atoms with E-state index in [4.69, 9.17) is 11.6 Å². The predicted molar refractivity (Wildman–Crippen MR) is 139 cm³/mol. The van der Waals surface area contributed by atoms with Crippen molar-refractivity contribution in [1.82, 2.24) is 24.9 Å². The van der Waals surface area contributed by atoms with E-state index in [0.717, 1.165) is 59.9 Å². The molecule has 2 aromatic carbocycles. The Morgan fingerprint density at radius 2 is 1.79 bits per heavy atom. The lowest BCUT2D eigenvalue weighted by atomic mass is 10.1. The number of carbonyl (C=O) groups is 1. The third-order valence-corrected chi connectivity index (χ3v) is 7.82. The molecule has 4 aromatic rings. The Morgan fingerprint density at radius 1 is 1.09 bits per heavy atom. The van der Waals surface area contributed by atoms with Crippen molar-refractivity contribution in [3.63, 3.8) is 0 Å². The molecule has 1 atom stereocenters. The van der Waals surface area contributed by atoms with Gasteiger partial charge in [0.1, 0.15) is 4.83 Å². The van der Waals surface area contributed by atoms with Gasteiger partial charge in [-0.2, -0.15) is 5.10 Å². The zero-order chi connectivity index (χ0) is 23.7. The van der Waals surface area contributed by atoms with Crippen molar-refractivity contribution in [3.8, 4) is 5.69 Å². The molecule has 0 aliphatic carbocycles. The number of amides is 1. The molecule has 1 unspecified atom stereocenters. The molecule has 0 saturated carbocycles. The molecule has 3 heterocycles. The topological polar surface area (TPSA) is 53.4 Å². The Hall–Kier alpha value is -2.71. The van der Waals surface area contributed by atoms with Crippen LogP contribution in [0.5, 0.6) is 0 Å². The van der Waals surface area contributed by atoms with Gasteiger partial charge in [-0.25, -0.2) is 4.68 Å². The third-order valence-electron chi connectivity index (χ3n) is 6.39. The van der Waals surface area contributed by atoms with E-state index in [1.807, 2.05) is 60.1 Å². The molecule has 176 valence electrons. The number of piperazine rings is 1. The minimum atomic E-state index is -0.0801. The molecule has 0 radical (unpaired) electrons. The van der Waals surface area contributed by atoms with Crippen molar-refractivity contribution < 1.29 is 4.79 Å². The lowest BCUT2D eigenvalue weighted by molar-refractivity contribution is 0.0911. The summed E-state index contributed by atoms with van der Waals surface area (Å²) in [6.45, 7) is 6.86. The summed E-state index contributed by atoms with van der Waals surface area (Å²) in [7, 11) is 2.15. The number of likely N-dealkylation sites (N-methyl/N-ethyl adjacent to an activating group) is 1. The SMILES string of the molecule is Cc1nn(-c2ccccc2Cl)c2sc(C(=O)NC(CN3CCN(C)CC3)c3ccccc3)cc12. The number of hydrogen-bond acceptors (Lipinski definition) is 5. The minimum absolute atomic E-state index is 0.0608. The van der Waals surface area contributed by atoms with E-state index in [2.05, 4.69) is 39.4 Å². The number of nitrogens with one attached hydrogen (secondary N) is 1. The Bertz CT molecular complexity index is 1290. The van der Waals surface area contributed by atoms with Gasteiger partial charge in [-0.3, -0.25) is 9.69 Å². The first kappa shape index (κ1) is 23.1. The second kappa shape index (κ2) is 9.88. The highest BCUT2D eigenvalue weighted by Gasteiger charge is 2.24. The minimum Gasteiger partial charge on any atom is -0.343 e. The van der Waals surface area contributed by atoms with Gasteiger partial charge in [0.15, 0.2) is 0 Å². The van der Waals surface area contributed by atoms with E-state index >= 15 is 0 Å². The monoisotopic (exact) mass is 493 g/mol. The second-order valence-corrected chi connectivity index (χ2v) is 10.3. The number of aryl methyl sites for hydroxylation is 1. The van der Waals surface area contributed by atoms with Crippen LogP contribution in [0.4, 0.5) is 0 Å². The number of hydrogen-bond donors (Lipinski definition) is 1. The molecule has 1 amide bonds. The molecule has 0 bridgehead atoms. The number of thiophene rings is 1. The molecular weight excluding hydrogens is 466 g/mol. The molecule has 34 heavy (non-hydrogen) atoms. The molecule has 8 heteroatoms. The number of aromatic nitrogens is 2. The van der Waals surface area contributed by atoms with Gasteiger partial charge in [-0.1, -0.05) is 54.1 Å². The highest BCUT2D eigenvalue weighted by atomic mass is 35.5. The Morgan fingerprint density at radius 3 is 2.53 bits per heavy atom. The van der Waals surface area contributed by atoms with Crippen LogP contribution >= 0.6 is 22.9 Å². The van der Waals surface area contributed by atoms with Crippen LogP contribution in [0.3, 0.4) is 0 Å². The standard InChI is InChI=1S/C26H28ClN5OS/c1-18-20-16-24(34-26(20)32(29-18)23-11-7-6-10-21(23)27)25(33)28-22(19-8-4-3-5-9-19)17-31-14-12-30(2)13-15-31/h3-11,16,22H,12-15,17H2,1-2H3,(H,28,33). The molecule has 6 nitrogen and oxygen atoms in total. The largest absolute Gasteiger partial charge is 0.343 e. The van der Waals surface area contributed by atoms with Crippen LogP contribution < -0.4 is 5.32 Å². The fourth-order valence-electron chi connectivity index (χ4n) is 4.38. The van der Waals surface area contributed by atoms with Gasteiger partial charge in [0, 0.05) is 38.1 Å². The summed E-state index contributed by atoms with van der Waals surface area (Å²) in [5.74, 6) is -0.0608. The van der Waals surface area contributed by atoms with Crippen molar-refractivity contribution in [3.05, 3.63) is 81.8 Å². The van der Waals surface area contributed by atoms with Crippen LogP contribution in [0.1, 0.15) is 27.0 Å². The maximum Gasteiger partial charge on any atom is 0.261 e. The summed E-state index contributed by atoms with van der Waals surface area (Å²) in [4.78, 5) is 19.8. The van der Waals surface area contributed by atoms with Gasteiger partial charge < -0.3 is 10.2 Å². The van der Waals surface area contributed by atoms with Crippen LogP contribution in [-0.2, 0) is 0 Å². The quantitative estimate of drug-likeness (QED) is 0.420. The van der Waals surface area contributed by atoms with Gasteiger partial charge in [-0.15, -0.1) is 11.3 Å². The number of para-hydroxylation sites is 1. The third kappa shape index (κ3) is 4.74. The van der Waals surface area contributed by atoms with Gasteiger partial charge in [0.25, 0.3) is 5.91 Å². The smallest absolute Gasteiger partial charge is 0.261 e. The summed E-state index contributed by atoms with van der Waals surface area (Å²) in [6.07, 6.45) is 0. The van der Waals surface area contributed by atoms with Gasteiger partial charge in [0.05, 0.1) is 27.3 Å². The van der Waals surface area contributed by atoms with Crippen LogP contribution in [0, 0.1) is 6.92 Å². The number of carbonyl (C=O) groups excluding carboxylic acids is 1. The van der Waals surface area contributed by atoms with E-state index in [0.29, 0.717) is 9.90 Å². The number of nitrogens with zero attached hydrogens (tertiary/aromatic N) is 4. The van der Waals surface area contributed by atoms with Crippen LogP contribution in [-0.4, -0.2) is 65.3 Å². The first-order chi connectivity index (χ1) is 16.5. The first-order valence-electron chi connectivity index (χ1n) is 11.5. The molecule has 0 spiro atoms. The summed E-state index contributed by atoms with van der Waals surface area (Å²) >= 11 is 7.88. The zero-order valence-corrected chi connectivity index (χ0v) is 20.9. The molecule has 1 N–H and O–H groups in total. The zero-order valence-electron chi connectivity index (χ0n) is 19.4. The summed E-state index contributed by atoms with van der Waals surface area (Å²) in [5.41, 5.74) is 2.81. The van der Waals surface area contributed by atoms with Crippen molar-refractivity contribution in [2.24, 2.45) is 0 Å². The van der Waals surface area contributed by atoms with Crippen molar-refractivity contribution in [1.29, 1.82) is 0 Å². The average Bonchev–Trinajstić information content (AvgIpc) is 3.42. The van der Waals surface area contributed by atoms with E-state index in [1.54, 1.807) is 0 Å². The molecule has 1 aliphatic rings. The fourth-order valence-corrected chi connectivity index (χ4v) is 5.68. The highest BCUT2D eigenvalue weighted by Crippen LogP contribution is 2.32.